The molecule has 0 aromatic heterocycles. The van der Waals surface area contributed by atoms with Gasteiger partial charge in [-0.2, -0.15) is 0 Å². The summed E-state index contributed by atoms with van der Waals surface area (Å²) in [6.07, 6.45) is 7.82. The van der Waals surface area contributed by atoms with E-state index in [1.54, 1.807) is 0 Å². The zero-order valence-electron chi connectivity index (χ0n) is 20.9. The molecule has 4 aliphatic carbocycles. The summed E-state index contributed by atoms with van der Waals surface area (Å²) < 4.78 is 0. The normalized spacial score (nSPS) is 31.4. The quantitative estimate of drug-likeness (QED) is 0.502. The Morgan fingerprint density at radius 3 is 1.27 bits per heavy atom. The van der Waals surface area contributed by atoms with Crippen LogP contribution < -0.4 is 0 Å². The first-order chi connectivity index (χ1) is 13.5. The molecule has 0 spiro atoms. The van der Waals surface area contributed by atoms with Crippen molar-refractivity contribution >= 4 is 0 Å². The van der Waals surface area contributed by atoms with Crippen molar-refractivity contribution in [3.05, 3.63) is 22.3 Å². The van der Waals surface area contributed by atoms with Crippen molar-refractivity contribution < 1.29 is 10.2 Å². The molecule has 0 heterocycles. The Morgan fingerprint density at radius 1 is 0.567 bits per heavy atom. The lowest BCUT2D eigenvalue weighted by Gasteiger charge is -2.58. The smallest absolute Gasteiger partial charge is 0.127 e. The zero-order valence-corrected chi connectivity index (χ0v) is 20.9. The van der Waals surface area contributed by atoms with Gasteiger partial charge < -0.3 is 10.2 Å². The summed E-state index contributed by atoms with van der Waals surface area (Å²) in [6.45, 7) is 19.8. The van der Waals surface area contributed by atoms with Crippen molar-refractivity contribution in [2.24, 2.45) is 17.8 Å². The predicted octanol–water partition coefficient (Wildman–Crippen LogP) is 7.46. The second-order valence-corrected chi connectivity index (χ2v) is 14.1. The fourth-order valence-corrected chi connectivity index (χ4v) is 7.85. The largest absolute Gasteiger partial charge is 0.507 e. The van der Waals surface area contributed by atoms with Gasteiger partial charge in [0.05, 0.1) is 0 Å². The Labute approximate surface area is 184 Å². The van der Waals surface area contributed by atoms with E-state index in [9.17, 15) is 10.2 Å². The van der Waals surface area contributed by atoms with E-state index in [2.05, 4.69) is 62.3 Å². The van der Waals surface area contributed by atoms with Gasteiger partial charge in [-0.15, -0.1) is 0 Å². The van der Waals surface area contributed by atoms with Gasteiger partial charge in [0.25, 0.3) is 0 Å². The van der Waals surface area contributed by atoms with E-state index in [0.717, 1.165) is 28.9 Å². The van der Waals surface area contributed by atoms with Crippen LogP contribution in [0.2, 0.25) is 0 Å². The molecule has 0 aliphatic heterocycles. The molecule has 1 aromatic rings. The third kappa shape index (κ3) is 3.28. The SMILES string of the molecule is CC(C)(C)c1c(O)c(C(C)(C)C)c(C(C)(C)C)c(C23CC4CC(CC(C4)C2)C3)c1O. The molecule has 4 bridgehead atoms. The molecule has 30 heavy (non-hydrogen) atoms. The highest BCUT2D eigenvalue weighted by Crippen LogP contribution is 2.65. The van der Waals surface area contributed by atoms with E-state index in [1.807, 2.05) is 0 Å². The molecule has 4 saturated carbocycles. The second kappa shape index (κ2) is 6.42. The van der Waals surface area contributed by atoms with Crippen LogP contribution in [0.1, 0.15) is 123 Å². The van der Waals surface area contributed by atoms with Crippen molar-refractivity contribution in [3.8, 4) is 11.5 Å². The molecule has 4 aliphatic rings. The van der Waals surface area contributed by atoms with Gasteiger partial charge in [-0.05, 0) is 78.1 Å². The molecule has 0 saturated heterocycles. The molecule has 2 N–H and O–H groups in total. The monoisotopic (exact) mass is 412 g/mol. The maximum atomic E-state index is 11.9. The average molecular weight is 413 g/mol. The minimum Gasteiger partial charge on any atom is -0.507 e. The highest BCUT2D eigenvalue weighted by molar-refractivity contribution is 5.66. The number of aromatic hydroxyl groups is 2. The topological polar surface area (TPSA) is 40.5 Å². The molecule has 168 valence electrons. The van der Waals surface area contributed by atoms with Crippen LogP contribution in [0.15, 0.2) is 0 Å². The van der Waals surface area contributed by atoms with Crippen molar-refractivity contribution in [1.29, 1.82) is 0 Å². The van der Waals surface area contributed by atoms with Crippen molar-refractivity contribution in [2.45, 2.75) is 122 Å². The maximum absolute atomic E-state index is 11.9. The van der Waals surface area contributed by atoms with Gasteiger partial charge in [-0.25, -0.2) is 0 Å². The molecule has 4 fully saturated rings. The lowest BCUT2D eigenvalue weighted by Crippen LogP contribution is -2.49. The number of phenols is 2. The Kier molecular flexibility index (Phi) is 4.72. The van der Waals surface area contributed by atoms with Crippen LogP contribution in [0, 0.1) is 17.8 Å². The fourth-order valence-electron chi connectivity index (χ4n) is 7.85. The fraction of sp³-hybridized carbons (Fsp3) is 0.786. The highest BCUT2D eigenvalue weighted by atomic mass is 16.3. The maximum Gasteiger partial charge on any atom is 0.127 e. The summed E-state index contributed by atoms with van der Waals surface area (Å²) in [5.41, 5.74) is 3.66. The summed E-state index contributed by atoms with van der Waals surface area (Å²) in [5, 5.41) is 23.6. The highest BCUT2D eigenvalue weighted by Gasteiger charge is 2.55. The van der Waals surface area contributed by atoms with Crippen molar-refractivity contribution in [3.63, 3.8) is 0 Å². The number of rotatable bonds is 1. The van der Waals surface area contributed by atoms with Crippen molar-refractivity contribution in [1.82, 2.24) is 0 Å². The summed E-state index contributed by atoms with van der Waals surface area (Å²) in [4.78, 5) is 0. The minimum atomic E-state index is -0.318. The van der Waals surface area contributed by atoms with Gasteiger partial charge in [-0.1, -0.05) is 62.3 Å². The minimum absolute atomic E-state index is 0.0785. The van der Waals surface area contributed by atoms with Gasteiger partial charge in [0.2, 0.25) is 0 Å². The molecule has 0 radical (unpaired) electrons. The number of benzene rings is 1. The van der Waals surface area contributed by atoms with E-state index in [-0.39, 0.29) is 21.7 Å². The van der Waals surface area contributed by atoms with Crippen LogP contribution in [0.5, 0.6) is 11.5 Å². The molecule has 5 rings (SSSR count). The number of hydrogen-bond donors (Lipinski definition) is 2. The molecule has 0 unspecified atom stereocenters. The summed E-state index contributed by atoms with van der Waals surface area (Å²) in [6, 6.07) is 0. The van der Waals surface area contributed by atoms with Crippen molar-refractivity contribution in [2.75, 3.05) is 0 Å². The molecule has 0 atom stereocenters. The van der Waals surface area contributed by atoms with Gasteiger partial charge in [-0.3, -0.25) is 0 Å². The van der Waals surface area contributed by atoms with Crippen LogP contribution in [0.4, 0.5) is 0 Å². The van der Waals surface area contributed by atoms with Crippen LogP contribution in [0.3, 0.4) is 0 Å². The second-order valence-electron chi connectivity index (χ2n) is 14.1. The van der Waals surface area contributed by atoms with Gasteiger partial charge in [0.1, 0.15) is 11.5 Å². The first-order valence-corrected chi connectivity index (χ1v) is 12.2. The lowest BCUT2D eigenvalue weighted by molar-refractivity contribution is -0.00713. The Hall–Kier alpha value is -1.18. The zero-order chi connectivity index (χ0) is 22.4. The average Bonchev–Trinajstić information content (AvgIpc) is 2.48. The van der Waals surface area contributed by atoms with Crippen LogP contribution in [0.25, 0.3) is 0 Å². The summed E-state index contributed by atoms with van der Waals surface area (Å²) in [5.74, 6) is 3.17. The lowest BCUT2D eigenvalue weighted by atomic mass is 9.46. The Balaban J connectivity index is 2.12. The molecular formula is C28H44O2. The van der Waals surface area contributed by atoms with Gasteiger partial charge >= 0.3 is 0 Å². The molecule has 1 aromatic carbocycles. The first-order valence-electron chi connectivity index (χ1n) is 12.2. The third-order valence-electron chi connectivity index (χ3n) is 8.27. The summed E-state index contributed by atoms with van der Waals surface area (Å²) in [7, 11) is 0. The van der Waals surface area contributed by atoms with Crippen LogP contribution in [-0.2, 0) is 21.7 Å². The standard InChI is InChI=1S/C28H44O2/c1-25(2,3)19-20(26(4,5)6)23(29)22(27(7,8)9)24(30)21(19)28-13-16-10-17(14-28)12-18(11-16)15-28/h16-18,29-30H,10-15H2,1-9H3. The third-order valence-corrected chi connectivity index (χ3v) is 8.27. The van der Waals surface area contributed by atoms with E-state index < -0.39 is 0 Å². The van der Waals surface area contributed by atoms with Crippen LogP contribution in [-0.4, -0.2) is 10.2 Å². The summed E-state index contributed by atoms with van der Waals surface area (Å²) >= 11 is 0. The van der Waals surface area contributed by atoms with E-state index >= 15 is 0 Å². The van der Waals surface area contributed by atoms with E-state index in [1.165, 1.54) is 49.7 Å². The first kappa shape index (κ1) is 22.0. The number of hydrogen-bond acceptors (Lipinski definition) is 2. The van der Waals surface area contributed by atoms with E-state index in [0.29, 0.717) is 11.5 Å². The Morgan fingerprint density at radius 2 is 0.933 bits per heavy atom. The molecule has 2 heteroatoms. The molecule has 0 amide bonds. The molecular weight excluding hydrogens is 368 g/mol. The molecule has 2 nitrogen and oxygen atoms in total. The number of phenolic OH excluding ortho intramolecular Hbond substituents is 2. The van der Waals surface area contributed by atoms with Gasteiger partial charge in [0.15, 0.2) is 0 Å². The van der Waals surface area contributed by atoms with Crippen LogP contribution >= 0.6 is 0 Å². The van der Waals surface area contributed by atoms with E-state index in [4.69, 9.17) is 0 Å². The predicted molar refractivity (Wildman–Crippen MR) is 126 cm³/mol. The Bertz CT molecular complexity index is 820. The van der Waals surface area contributed by atoms with Gasteiger partial charge in [0, 0.05) is 22.1 Å².